The Kier molecular flexibility index (Phi) is 7.25. The van der Waals surface area contributed by atoms with Gasteiger partial charge >= 0.3 is 0 Å². The molecule has 1 heterocycles. The quantitative estimate of drug-likeness (QED) is 0.822. The van der Waals surface area contributed by atoms with Gasteiger partial charge in [0.1, 0.15) is 0 Å². The molecule has 1 amide bonds. The normalized spacial score (nSPS) is 11.2. The smallest absolute Gasteiger partial charge is 0.236 e. The molecule has 0 bridgehead atoms. The molecule has 0 fully saturated rings. The summed E-state index contributed by atoms with van der Waals surface area (Å²) in [7, 11) is 0. The van der Waals surface area contributed by atoms with Crippen molar-refractivity contribution in [1.29, 1.82) is 0 Å². The fraction of sp³-hybridized carbons (Fsp3) is 0.455. The van der Waals surface area contributed by atoms with Gasteiger partial charge in [-0.2, -0.15) is 0 Å². The number of hydrogen-bond acceptors (Lipinski definition) is 4. The first-order chi connectivity index (χ1) is 7.65. The second kappa shape index (κ2) is 7.86. The number of pyridine rings is 1. The maximum atomic E-state index is 11.3. The summed E-state index contributed by atoms with van der Waals surface area (Å²) in [6.07, 6.45) is 1.65. The van der Waals surface area contributed by atoms with E-state index in [1.807, 2.05) is 13.0 Å². The van der Waals surface area contributed by atoms with E-state index in [9.17, 15) is 4.79 Å². The number of nitrogens with zero attached hydrogens (tertiary/aromatic N) is 1. The summed E-state index contributed by atoms with van der Waals surface area (Å²) in [4.78, 5) is 15.4. The molecule has 6 heteroatoms. The number of nitrogens with one attached hydrogen (secondary N) is 1. The molecule has 0 aliphatic heterocycles. The lowest BCUT2D eigenvalue weighted by atomic mass is 10.2. The Bertz CT molecular complexity index is 358. The van der Waals surface area contributed by atoms with Gasteiger partial charge in [0, 0.05) is 18.3 Å². The molecule has 1 rings (SSSR count). The standard InChI is InChI=1S/C11H17N3O2.ClH/c1-3-16-11-9(5-4-6-13-11)7-14-10(15)8(2)12;/h4-6,8H,3,7,12H2,1-2H3,(H,14,15);1H. The summed E-state index contributed by atoms with van der Waals surface area (Å²) in [6.45, 7) is 4.45. The first-order valence-corrected chi connectivity index (χ1v) is 5.25. The maximum absolute atomic E-state index is 11.3. The Balaban J connectivity index is 0.00000256. The highest BCUT2D eigenvalue weighted by Crippen LogP contribution is 2.13. The molecular formula is C11H18ClN3O2. The van der Waals surface area contributed by atoms with Gasteiger partial charge in [-0.3, -0.25) is 4.79 Å². The van der Waals surface area contributed by atoms with Crippen LogP contribution in [0.5, 0.6) is 5.88 Å². The zero-order valence-corrected chi connectivity index (χ0v) is 10.8. The van der Waals surface area contributed by atoms with Gasteiger partial charge in [-0.05, 0) is 19.9 Å². The van der Waals surface area contributed by atoms with Gasteiger partial charge in [0.15, 0.2) is 0 Å². The number of amides is 1. The summed E-state index contributed by atoms with van der Waals surface area (Å²) in [5.74, 6) is 0.362. The van der Waals surface area contributed by atoms with Gasteiger partial charge in [-0.1, -0.05) is 6.07 Å². The Morgan fingerprint density at radius 1 is 1.65 bits per heavy atom. The molecule has 0 aromatic carbocycles. The summed E-state index contributed by atoms with van der Waals surface area (Å²) in [5, 5.41) is 2.71. The van der Waals surface area contributed by atoms with Crippen LogP contribution < -0.4 is 15.8 Å². The van der Waals surface area contributed by atoms with E-state index in [4.69, 9.17) is 10.5 Å². The second-order valence-electron chi connectivity index (χ2n) is 3.41. The first-order valence-electron chi connectivity index (χ1n) is 5.25. The van der Waals surface area contributed by atoms with Crippen molar-refractivity contribution in [2.75, 3.05) is 6.61 Å². The fourth-order valence-corrected chi connectivity index (χ4v) is 1.17. The largest absolute Gasteiger partial charge is 0.478 e. The number of carbonyl (C=O) groups excluding carboxylic acids is 1. The van der Waals surface area contributed by atoms with Crippen molar-refractivity contribution in [3.8, 4) is 5.88 Å². The van der Waals surface area contributed by atoms with E-state index in [-0.39, 0.29) is 18.3 Å². The highest BCUT2D eigenvalue weighted by atomic mass is 35.5. The highest BCUT2D eigenvalue weighted by Gasteiger charge is 2.09. The second-order valence-corrected chi connectivity index (χ2v) is 3.41. The molecular weight excluding hydrogens is 242 g/mol. The van der Waals surface area contributed by atoms with E-state index in [2.05, 4.69) is 10.3 Å². The predicted octanol–water partition coefficient (Wildman–Crippen LogP) is 0.865. The number of halogens is 1. The van der Waals surface area contributed by atoms with Crippen molar-refractivity contribution in [3.63, 3.8) is 0 Å². The van der Waals surface area contributed by atoms with Crippen LogP contribution in [0.3, 0.4) is 0 Å². The SMILES string of the molecule is CCOc1ncccc1CNC(=O)C(C)N.Cl. The molecule has 0 aliphatic carbocycles. The zero-order valence-electron chi connectivity index (χ0n) is 9.97. The topological polar surface area (TPSA) is 77.2 Å². The average molecular weight is 260 g/mol. The number of rotatable bonds is 5. The van der Waals surface area contributed by atoms with E-state index >= 15 is 0 Å². The van der Waals surface area contributed by atoms with Crippen molar-refractivity contribution in [2.24, 2.45) is 5.73 Å². The van der Waals surface area contributed by atoms with E-state index in [0.717, 1.165) is 5.56 Å². The fourth-order valence-electron chi connectivity index (χ4n) is 1.17. The molecule has 0 saturated carbocycles. The molecule has 0 saturated heterocycles. The molecule has 0 radical (unpaired) electrons. The van der Waals surface area contributed by atoms with Crippen molar-refractivity contribution >= 4 is 18.3 Å². The molecule has 5 nitrogen and oxygen atoms in total. The van der Waals surface area contributed by atoms with Gasteiger partial charge in [0.05, 0.1) is 12.6 Å². The van der Waals surface area contributed by atoms with Crippen LogP contribution in [0.2, 0.25) is 0 Å². The molecule has 3 N–H and O–H groups in total. The molecule has 0 spiro atoms. The maximum Gasteiger partial charge on any atom is 0.236 e. The third-order valence-corrected chi connectivity index (χ3v) is 2.00. The lowest BCUT2D eigenvalue weighted by molar-refractivity contribution is -0.122. The molecule has 1 atom stereocenters. The Hall–Kier alpha value is -1.33. The van der Waals surface area contributed by atoms with Crippen LogP contribution >= 0.6 is 12.4 Å². The Labute approximate surface area is 107 Å². The number of aromatic nitrogens is 1. The van der Waals surface area contributed by atoms with E-state index in [1.165, 1.54) is 0 Å². The van der Waals surface area contributed by atoms with Crippen LogP contribution in [0.25, 0.3) is 0 Å². The lowest BCUT2D eigenvalue weighted by Gasteiger charge is -2.10. The van der Waals surface area contributed by atoms with Gasteiger partial charge in [-0.15, -0.1) is 12.4 Å². The summed E-state index contributed by atoms with van der Waals surface area (Å²) >= 11 is 0. The molecule has 17 heavy (non-hydrogen) atoms. The number of ether oxygens (including phenoxy) is 1. The van der Waals surface area contributed by atoms with Crippen LogP contribution in [0.1, 0.15) is 19.4 Å². The average Bonchev–Trinajstić information content (AvgIpc) is 2.27. The monoisotopic (exact) mass is 259 g/mol. The van der Waals surface area contributed by atoms with E-state index < -0.39 is 6.04 Å². The van der Waals surface area contributed by atoms with E-state index in [1.54, 1.807) is 19.2 Å². The van der Waals surface area contributed by atoms with E-state index in [0.29, 0.717) is 19.0 Å². The molecule has 0 aliphatic rings. The predicted molar refractivity (Wildman–Crippen MR) is 68.2 cm³/mol. The summed E-state index contributed by atoms with van der Waals surface area (Å²) in [5.41, 5.74) is 6.28. The zero-order chi connectivity index (χ0) is 12.0. The first kappa shape index (κ1) is 15.7. The minimum atomic E-state index is -0.507. The molecule has 1 aromatic rings. The van der Waals surface area contributed by atoms with Crippen LogP contribution in [0.15, 0.2) is 18.3 Å². The van der Waals surface area contributed by atoms with Gasteiger partial charge in [-0.25, -0.2) is 4.98 Å². The van der Waals surface area contributed by atoms with Gasteiger partial charge < -0.3 is 15.8 Å². The Morgan fingerprint density at radius 3 is 2.94 bits per heavy atom. The van der Waals surface area contributed by atoms with Crippen LogP contribution in [0.4, 0.5) is 0 Å². The van der Waals surface area contributed by atoms with Crippen LogP contribution in [0, 0.1) is 0 Å². The molecule has 1 unspecified atom stereocenters. The van der Waals surface area contributed by atoms with Gasteiger partial charge in [0.2, 0.25) is 11.8 Å². The highest BCUT2D eigenvalue weighted by molar-refractivity contribution is 5.85. The minimum Gasteiger partial charge on any atom is -0.478 e. The van der Waals surface area contributed by atoms with Crippen molar-refractivity contribution in [3.05, 3.63) is 23.9 Å². The number of carbonyl (C=O) groups is 1. The van der Waals surface area contributed by atoms with Gasteiger partial charge in [0.25, 0.3) is 0 Å². The van der Waals surface area contributed by atoms with Crippen molar-refractivity contribution in [2.45, 2.75) is 26.4 Å². The third kappa shape index (κ3) is 5.01. The molecule has 1 aromatic heterocycles. The minimum absolute atomic E-state index is 0. The van der Waals surface area contributed by atoms with Crippen LogP contribution in [-0.4, -0.2) is 23.5 Å². The molecule has 96 valence electrons. The third-order valence-electron chi connectivity index (χ3n) is 2.00. The lowest BCUT2D eigenvalue weighted by Crippen LogP contribution is -2.37. The summed E-state index contributed by atoms with van der Waals surface area (Å²) in [6, 6.07) is 3.15. The number of nitrogens with two attached hydrogens (primary N) is 1. The van der Waals surface area contributed by atoms with Crippen molar-refractivity contribution < 1.29 is 9.53 Å². The summed E-state index contributed by atoms with van der Waals surface area (Å²) < 4.78 is 5.34. The van der Waals surface area contributed by atoms with Crippen molar-refractivity contribution in [1.82, 2.24) is 10.3 Å². The number of hydrogen-bond donors (Lipinski definition) is 2. The van der Waals surface area contributed by atoms with Crippen LogP contribution in [-0.2, 0) is 11.3 Å². The Morgan fingerprint density at radius 2 is 2.35 bits per heavy atom.